The van der Waals surface area contributed by atoms with Crippen LogP contribution in [-0.4, -0.2) is 41.1 Å². The topological polar surface area (TPSA) is 66.8 Å². The van der Waals surface area contributed by atoms with Gasteiger partial charge in [0.25, 0.3) is 5.91 Å². The number of aliphatic carboxylic acids is 1. The van der Waals surface area contributed by atoms with Gasteiger partial charge >= 0.3 is 5.97 Å². The van der Waals surface area contributed by atoms with Gasteiger partial charge in [-0.15, -0.1) is 0 Å². The standard InChI is InChI=1S/C12H13NO4/c1-17-10-9(12(15)16)13(11(10)14)7-8-5-3-2-4-6-8/h2-6,9-10H,7H2,1H3,(H,15,16)/t9-,10-/m1/s1. The molecule has 1 amide bonds. The number of carbonyl (C=O) groups excluding carboxylic acids is 1. The van der Waals surface area contributed by atoms with E-state index in [2.05, 4.69) is 0 Å². The molecule has 1 heterocycles. The third kappa shape index (κ3) is 2.01. The molecule has 1 aromatic rings. The number of nitrogens with zero attached hydrogens (tertiary/aromatic N) is 1. The molecule has 1 aliphatic rings. The Kier molecular flexibility index (Phi) is 3.10. The number of hydrogen-bond donors (Lipinski definition) is 1. The van der Waals surface area contributed by atoms with Gasteiger partial charge in [0.05, 0.1) is 0 Å². The Labute approximate surface area is 98.6 Å². The molecule has 1 aromatic carbocycles. The molecule has 0 radical (unpaired) electrons. The number of amides is 1. The van der Waals surface area contributed by atoms with Crippen LogP contribution in [0.5, 0.6) is 0 Å². The average Bonchev–Trinajstić information content (AvgIpc) is 2.33. The van der Waals surface area contributed by atoms with Crippen LogP contribution in [0.2, 0.25) is 0 Å². The summed E-state index contributed by atoms with van der Waals surface area (Å²) in [5.74, 6) is -1.31. The number of carboxylic acid groups (broad SMARTS) is 1. The van der Waals surface area contributed by atoms with Crippen molar-refractivity contribution in [3.8, 4) is 0 Å². The highest BCUT2D eigenvalue weighted by Gasteiger charge is 2.52. The molecule has 5 heteroatoms. The van der Waals surface area contributed by atoms with Crippen molar-refractivity contribution < 1.29 is 19.4 Å². The predicted octanol–water partition coefficient (Wildman–Crippen LogP) is 0.497. The van der Waals surface area contributed by atoms with E-state index >= 15 is 0 Å². The SMILES string of the molecule is CO[C@H]1C(=O)N(Cc2ccccc2)[C@H]1C(=O)O. The van der Waals surface area contributed by atoms with Crippen LogP contribution in [0.4, 0.5) is 0 Å². The molecular formula is C12H13NO4. The maximum atomic E-state index is 11.6. The molecule has 0 aromatic heterocycles. The second-order valence-electron chi connectivity index (χ2n) is 3.89. The fraction of sp³-hybridized carbons (Fsp3) is 0.333. The van der Waals surface area contributed by atoms with Crippen LogP contribution in [0.25, 0.3) is 0 Å². The van der Waals surface area contributed by atoms with Gasteiger partial charge in [-0.05, 0) is 5.56 Å². The Bertz CT molecular complexity index is 431. The number of ether oxygens (including phenoxy) is 1. The fourth-order valence-electron chi connectivity index (χ4n) is 1.97. The molecule has 0 saturated carbocycles. The first-order chi connectivity index (χ1) is 8.15. The Hall–Kier alpha value is -1.88. The summed E-state index contributed by atoms with van der Waals surface area (Å²) < 4.78 is 4.87. The van der Waals surface area contributed by atoms with Crippen molar-refractivity contribution >= 4 is 11.9 Å². The largest absolute Gasteiger partial charge is 0.480 e. The molecular weight excluding hydrogens is 222 g/mol. The quantitative estimate of drug-likeness (QED) is 0.771. The maximum absolute atomic E-state index is 11.6. The third-order valence-corrected chi connectivity index (χ3v) is 2.85. The van der Waals surface area contributed by atoms with E-state index in [9.17, 15) is 9.59 Å². The molecule has 0 bridgehead atoms. The van der Waals surface area contributed by atoms with Crippen LogP contribution < -0.4 is 0 Å². The first kappa shape index (κ1) is 11.6. The lowest BCUT2D eigenvalue weighted by Gasteiger charge is -2.43. The first-order valence-electron chi connectivity index (χ1n) is 5.25. The summed E-state index contributed by atoms with van der Waals surface area (Å²) in [6.45, 7) is 0.302. The van der Waals surface area contributed by atoms with Gasteiger partial charge in [-0.25, -0.2) is 4.79 Å². The van der Waals surface area contributed by atoms with E-state index in [1.54, 1.807) is 0 Å². The van der Waals surface area contributed by atoms with Crippen LogP contribution in [0.3, 0.4) is 0 Å². The second kappa shape index (κ2) is 4.55. The summed E-state index contributed by atoms with van der Waals surface area (Å²) >= 11 is 0. The van der Waals surface area contributed by atoms with E-state index in [4.69, 9.17) is 9.84 Å². The van der Waals surface area contributed by atoms with Crippen molar-refractivity contribution in [3.05, 3.63) is 35.9 Å². The van der Waals surface area contributed by atoms with Gasteiger partial charge in [0.15, 0.2) is 12.1 Å². The lowest BCUT2D eigenvalue weighted by molar-refractivity contribution is -0.183. The average molecular weight is 235 g/mol. The third-order valence-electron chi connectivity index (χ3n) is 2.85. The van der Waals surface area contributed by atoms with Gasteiger partial charge in [-0.3, -0.25) is 4.79 Å². The zero-order chi connectivity index (χ0) is 12.4. The summed E-state index contributed by atoms with van der Waals surface area (Å²) in [7, 11) is 1.35. The van der Waals surface area contributed by atoms with Crippen molar-refractivity contribution in [2.45, 2.75) is 18.7 Å². The molecule has 0 aliphatic carbocycles. The van der Waals surface area contributed by atoms with Crippen LogP contribution >= 0.6 is 0 Å². The van der Waals surface area contributed by atoms with Crippen molar-refractivity contribution in [1.29, 1.82) is 0 Å². The van der Waals surface area contributed by atoms with Gasteiger partial charge in [0, 0.05) is 13.7 Å². The summed E-state index contributed by atoms with van der Waals surface area (Å²) in [5, 5.41) is 9.03. The van der Waals surface area contributed by atoms with Gasteiger partial charge in [-0.2, -0.15) is 0 Å². The summed E-state index contributed by atoms with van der Waals surface area (Å²) in [4.78, 5) is 24.0. The van der Waals surface area contributed by atoms with Gasteiger partial charge in [-0.1, -0.05) is 30.3 Å². The lowest BCUT2D eigenvalue weighted by Crippen LogP contribution is -2.67. The zero-order valence-corrected chi connectivity index (χ0v) is 9.37. The monoisotopic (exact) mass is 235 g/mol. The number of likely N-dealkylation sites (tertiary alicyclic amines) is 1. The smallest absolute Gasteiger partial charge is 0.329 e. The van der Waals surface area contributed by atoms with Gasteiger partial charge < -0.3 is 14.7 Å². The highest BCUT2D eigenvalue weighted by atomic mass is 16.5. The summed E-state index contributed by atoms with van der Waals surface area (Å²) in [6, 6.07) is 8.40. The van der Waals surface area contributed by atoms with Crippen LogP contribution in [0.1, 0.15) is 5.56 Å². The van der Waals surface area contributed by atoms with Gasteiger partial charge in [0.2, 0.25) is 0 Å². The van der Waals surface area contributed by atoms with Crippen LogP contribution in [0.15, 0.2) is 30.3 Å². The molecule has 1 N–H and O–H groups in total. The lowest BCUT2D eigenvalue weighted by atomic mass is 9.97. The minimum atomic E-state index is -1.03. The molecule has 0 unspecified atom stereocenters. The summed E-state index contributed by atoms with van der Waals surface area (Å²) in [6.07, 6.45) is -0.851. The predicted molar refractivity (Wildman–Crippen MR) is 59.2 cm³/mol. The maximum Gasteiger partial charge on any atom is 0.329 e. The molecule has 90 valence electrons. The number of benzene rings is 1. The van der Waals surface area contributed by atoms with E-state index in [1.165, 1.54) is 12.0 Å². The van der Waals surface area contributed by atoms with E-state index < -0.39 is 18.1 Å². The van der Waals surface area contributed by atoms with E-state index in [1.807, 2.05) is 30.3 Å². The minimum absolute atomic E-state index is 0.274. The summed E-state index contributed by atoms with van der Waals surface area (Å²) in [5.41, 5.74) is 0.904. The fourth-order valence-corrected chi connectivity index (χ4v) is 1.97. The number of β-lactam (4-membered cyclic amide) rings is 1. The van der Waals surface area contributed by atoms with Crippen molar-refractivity contribution in [1.82, 2.24) is 4.90 Å². The van der Waals surface area contributed by atoms with Gasteiger partial charge in [0.1, 0.15) is 0 Å². The molecule has 1 fully saturated rings. The van der Waals surface area contributed by atoms with Crippen molar-refractivity contribution in [3.63, 3.8) is 0 Å². The number of carbonyl (C=O) groups is 2. The normalized spacial score (nSPS) is 23.4. The Morgan fingerprint density at radius 2 is 2.06 bits per heavy atom. The van der Waals surface area contributed by atoms with Crippen molar-refractivity contribution in [2.24, 2.45) is 0 Å². The number of carboxylic acids is 1. The van der Waals surface area contributed by atoms with Crippen molar-refractivity contribution in [2.75, 3.05) is 7.11 Å². The Balaban J connectivity index is 2.11. The molecule has 1 aliphatic heterocycles. The minimum Gasteiger partial charge on any atom is -0.480 e. The number of methoxy groups -OCH3 is 1. The molecule has 0 spiro atoms. The Morgan fingerprint density at radius 1 is 1.41 bits per heavy atom. The van der Waals surface area contributed by atoms with Crippen LogP contribution in [-0.2, 0) is 20.9 Å². The molecule has 1 saturated heterocycles. The molecule has 17 heavy (non-hydrogen) atoms. The highest BCUT2D eigenvalue weighted by Crippen LogP contribution is 2.25. The zero-order valence-electron chi connectivity index (χ0n) is 9.37. The van der Waals surface area contributed by atoms with E-state index in [0.29, 0.717) is 6.54 Å². The van der Waals surface area contributed by atoms with E-state index in [-0.39, 0.29) is 5.91 Å². The Morgan fingerprint density at radius 3 is 2.59 bits per heavy atom. The number of hydrogen-bond acceptors (Lipinski definition) is 3. The first-order valence-corrected chi connectivity index (χ1v) is 5.25. The molecule has 5 nitrogen and oxygen atoms in total. The van der Waals surface area contributed by atoms with Crippen LogP contribution in [0, 0.1) is 0 Å². The number of rotatable bonds is 4. The highest BCUT2D eigenvalue weighted by molar-refractivity contribution is 5.98. The van der Waals surface area contributed by atoms with E-state index in [0.717, 1.165) is 5.56 Å². The molecule has 2 rings (SSSR count). The molecule has 2 atom stereocenters. The second-order valence-corrected chi connectivity index (χ2v) is 3.89.